The molecule has 18 heavy (non-hydrogen) atoms. The lowest BCUT2D eigenvalue weighted by Crippen LogP contribution is -2.33. The maximum absolute atomic E-state index is 13.1. The van der Waals surface area contributed by atoms with Crippen LogP contribution in [0.25, 0.3) is 0 Å². The van der Waals surface area contributed by atoms with E-state index in [1.807, 2.05) is 19.0 Å². The van der Waals surface area contributed by atoms with E-state index in [1.165, 1.54) is 0 Å². The molecule has 1 aromatic carbocycles. The van der Waals surface area contributed by atoms with Crippen LogP contribution in [0.15, 0.2) is 12.1 Å². The summed E-state index contributed by atoms with van der Waals surface area (Å²) in [5.41, 5.74) is 5.86. The summed E-state index contributed by atoms with van der Waals surface area (Å²) in [6, 6.07) is 1.55. The number of hydrogen-bond donors (Lipinski definition) is 2. The Bertz CT molecular complexity index is 373. The molecule has 3 nitrogen and oxygen atoms in total. The van der Waals surface area contributed by atoms with E-state index in [2.05, 4.69) is 5.32 Å². The molecule has 0 saturated heterocycles. The van der Waals surface area contributed by atoms with Crippen molar-refractivity contribution in [2.75, 3.05) is 33.7 Å². The predicted octanol–water partition coefficient (Wildman–Crippen LogP) is 1.25. The Morgan fingerprint density at radius 1 is 1.22 bits per heavy atom. The van der Waals surface area contributed by atoms with Crippen LogP contribution < -0.4 is 11.1 Å². The highest BCUT2D eigenvalue weighted by Gasteiger charge is 2.16. The van der Waals surface area contributed by atoms with Crippen molar-refractivity contribution >= 4 is 0 Å². The van der Waals surface area contributed by atoms with Crippen LogP contribution in [0.3, 0.4) is 0 Å². The second-order valence-electron chi connectivity index (χ2n) is 4.34. The average Bonchev–Trinajstić information content (AvgIpc) is 2.30. The summed E-state index contributed by atoms with van der Waals surface area (Å²) in [5, 5.41) is 3.07. The lowest BCUT2D eigenvalue weighted by atomic mass is 10.1. The van der Waals surface area contributed by atoms with E-state index in [0.29, 0.717) is 12.1 Å². The van der Waals surface area contributed by atoms with Crippen molar-refractivity contribution in [2.45, 2.75) is 6.04 Å². The molecule has 1 unspecified atom stereocenters. The molecule has 0 saturated carbocycles. The third-order valence-electron chi connectivity index (χ3n) is 2.59. The molecule has 1 rings (SSSR count). The van der Waals surface area contributed by atoms with Crippen molar-refractivity contribution in [2.24, 2.45) is 5.73 Å². The first-order chi connectivity index (χ1) is 8.45. The molecule has 0 fully saturated rings. The van der Waals surface area contributed by atoms with E-state index in [-0.39, 0.29) is 6.54 Å². The minimum absolute atomic E-state index is 0.179. The molecule has 0 heterocycles. The van der Waals surface area contributed by atoms with Gasteiger partial charge in [-0.25, -0.2) is 13.2 Å². The van der Waals surface area contributed by atoms with E-state index in [4.69, 9.17) is 5.73 Å². The smallest absolute Gasteiger partial charge is 0.194 e. The Hall–Kier alpha value is -1.11. The van der Waals surface area contributed by atoms with Gasteiger partial charge in [0.25, 0.3) is 0 Å². The van der Waals surface area contributed by atoms with Crippen LogP contribution >= 0.6 is 0 Å². The van der Waals surface area contributed by atoms with Gasteiger partial charge in [-0.2, -0.15) is 0 Å². The van der Waals surface area contributed by atoms with Gasteiger partial charge in [-0.3, -0.25) is 0 Å². The summed E-state index contributed by atoms with van der Waals surface area (Å²) in [7, 11) is 3.83. The Balaban J connectivity index is 2.76. The number of hydrogen-bond acceptors (Lipinski definition) is 3. The Labute approximate surface area is 105 Å². The standard InChI is InChI=1S/C12H18F3N3/c1-18(2)4-3-17-11(7-16)8-5-9(13)12(15)10(14)6-8/h5-6,11,17H,3-4,7,16H2,1-2H3. The second-order valence-corrected chi connectivity index (χ2v) is 4.34. The van der Waals surface area contributed by atoms with Crippen molar-refractivity contribution in [3.05, 3.63) is 35.1 Å². The number of nitrogens with two attached hydrogens (primary N) is 1. The summed E-state index contributed by atoms with van der Waals surface area (Å²) in [6.07, 6.45) is 0. The van der Waals surface area contributed by atoms with Crippen LogP contribution in [-0.2, 0) is 0 Å². The lowest BCUT2D eigenvalue weighted by Gasteiger charge is -2.19. The van der Waals surface area contributed by atoms with E-state index in [1.54, 1.807) is 0 Å². The van der Waals surface area contributed by atoms with Crippen LogP contribution in [0, 0.1) is 17.5 Å². The fraction of sp³-hybridized carbons (Fsp3) is 0.500. The Morgan fingerprint density at radius 2 is 1.78 bits per heavy atom. The number of benzene rings is 1. The minimum Gasteiger partial charge on any atom is -0.329 e. The van der Waals surface area contributed by atoms with Crippen molar-refractivity contribution in [1.82, 2.24) is 10.2 Å². The van der Waals surface area contributed by atoms with E-state index < -0.39 is 23.5 Å². The van der Waals surface area contributed by atoms with Crippen LogP contribution in [0.1, 0.15) is 11.6 Å². The van der Waals surface area contributed by atoms with Crippen LogP contribution in [0.2, 0.25) is 0 Å². The van der Waals surface area contributed by atoms with Gasteiger partial charge in [0.15, 0.2) is 17.5 Å². The van der Waals surface area contributed by atoms with Crippen molar-refractivity contribution in [1.29, 1.82) is 0 Å². The van der Waals surface area contributed by atoms with Gasteiger partial charge in [0, 0.05) is 25.7 Å². The van der Waals surface area contributed by atoms with Crippen molar-refractivity contribution in [3.8, 4) is 0 Å². The first-order valence-electron chi connectivity index (χ1n) is 5.68. The number of halogens is 3. The molecule has 0 aliphatic rings. The first-order valence-corrected chi connectivity index (χ1v) is 5.68. The molecule has 0 aromatic heterocycles. The van der Waals surface area contributed by atoms with Crippen LogP contribution in [0.5, 0.6) is 0 Å². The molecule has 3 N–H and O–H groups in total. The quantitative estimate of drug-likeness (QED) is 0.757. The van der Waals surface area contributed by atoms with Crippen molar-refractivity contribution in [3.63, 3.8) is 0 Å². The van der Waals surface area contributed by atoms with Gasteiger partial charge < -0.3 is 16.0 Å². The zero-order valence-electron chi connectivity index (χ0n) is 10.5. The van der Waals surface area contributed by atoms with Gasteiger partial charge in [0.1, 0.15) is 0 Å². The summed E-state index contributed by atoms with van der Waals surface area (Å²) in [5.74, 6) is -3.85. The third-order valence-corrected chi connectivity index (χ3v) is 2.59. The maximum Gasteiger partial charge on any atom is 0.194 e. The molecule has 0 amide bonds. The molecule has 1 atom stereocenters. The highest BCUT2D eigenvalue weighted by Crippen LogP contribution is 2.18. The zero-order chi connectivity index (χ0) is 13.7. The third kappa shape index (κ3) is 3.97. The van der Waals surface area contributed by atoms with E-state index >= 15 is 0 Å². The van der Waals surface area contributed by atoms with E-state index in [9.17, 15) is 13.2 Å². The molecular weight excluding hydrogens is 243 g/mol. The van der Waals surface area contributed by atoms with Crippen molar-refractivity contribution < 1.29 is 13.2 Å². The molecule has 0 spiro atoms. The van der Waals surface area contributed by atoms with Crippen LogP contribution in [0.4, 0.5) is 13.2 Å². The normalized spacial score (nSPS) is 13.1. The fourth-order valence-electron chi connectivity index (χ4n) is 1.58. The Morgan fingerprint density at radius 3 is 2.22 bits per heavy atom. The highest BCUT2D eigenvalue weighted by molar-refractivity contribution is 5.23. The average molecular weight is 261 g/mol. The summed E-state index contributed by atoms with van der Waals surface area (Å²) in [4.78, 5) is 1.96. The second kappa shape index (κ2) is 6.72. The van der Waals surface area contributed by atoms with Gasteiger partial charge in [-0.05, 0) is 31.8 Å². The number of rotatable bonds is 6. The van der Waals surface area contributed by atoms with Gasteiger partial charge in [-0.15, -0.1) is 0 Å². The monoisotopic (exact) mass is 261 g/mol. The maximum atomic E-state index is 13.1. The minimum atomic E-state index is -1.46. The molecule has 1 aromatic rings. The molecule has 0 aliphatic carbocycles. The summed E-state index contributed by atoms with van der Waals surface area (Å²) >= 11 is 0. The number of nitrogens with one attached hydrogen (secondary N) is 1. The van der Waals surface area contributed by atoms with Gasteiger partial charge in [0.2, 0.25) is 0 Å². The van der Waals surface area contributed by atoms with Crippen LogP contribution in [-0.4, -0.2) is 38.6 Å². The topological polar surface area (TPSA) is 41.3 Å². The SMILES string of the molecule is CN(C)CCNC(CN)c1cc(F)c(F)c(F)c1. The van der Waals surface area contributed by atoms with E-state index in [0.717, 1.165) is 18.7 Å². The summed E-state index contributed by atoms with van der Waals surface area (Å²) in [6.45, 7) is 1.57. The molecule has 0 aliphatic heterocycles. The molecule has 6 heteroatoms. The summed E-state index contributed by atoms with van der Waals surface area (Å²) < 4.78 is 39.0. The first kappa shape index (κ1) is 14.9. The molecular formula is C12H18F3N3. The highest BCUT2D eigenvalue weighted by atomic mass is 19.2. The van der Waals surface area contributed by atoms with Gasteiger partial charge >= 0.3 is 0 Å². The number of likely N-dealkylation sites (N-methyl/N-ethyl adjacent to an activating group) is 1. The molecule has 0 radical (unpaired) electrons. The number of nitrogens with zero attached hydrogens (tertiary/aromatic N) is 1. The fourth-order valence-corrected chi connectivity index (χ4v) is 1.58. The zero-order valence-corrected chi connectivity index (χ0v) is 10.5. The molecule has 0 bridgehead atoms. The Kier molecular flexibility index (Phi) is 5.58. The van der Waals surface area contributed by atoms with Gasteiger partial charge in [0.05, 0.1) is 0 Å². The lowest BCUT2D eigenvalue weighted by molar-refractivity contribution is 0.384. The largest absolute Gasteiger partial charge is 0.329 e. The molecule has 102 valence electrons. The predicted molar refractivity (Wildman–Crippen MR) is 64.7 cm³/mol. The van der Waals surface area contributed by atoms with Gasteiger partial charge in [-0.1, -0.05) is 0 Å².